The Labute approximate surface area is 130 Å². The number of nitrogens with zero attached hydrogens (tertiary/aromatic N) is 2. The summed E-state index contributed by atoms with van der Waals surface area (Å²) in [6.45, 7) is 0. The highest BCUT2D eigenvalue weighted by atomic mass is 79.9. The van der Waals surface area contributed by atoms with E-state index in [0.29, 0.717) is 0 Å². The van der Waals surface area contributed by atoms with E-state index in [1.807, 2.05) is 0 Å². The van der Waals surface area contributed by atoms with Crippen molar-refractivity contribution in [1.82, 2.24) is 9.97 Å². The molecule has 2 rings (SSSR count). The average Bonchev–Trinajstić information content (AvgIpc) is 2.37. The van der Waals surface area contributed by atoms with E-state index in [4.69, 9.17) is 22.1 Å². The number of nitrogen functional groups attached to an aromatic ring is 1. The molecule has 0 fully saturated rings. The summed E-state index contributed by atoms with van der Waals surface area (Å²) in [7, 11) is 0. The molecule has 0 amide bonds. The number of nitrogens with two attached hydrogens (primary N) is 1. The van der Waals surface area contributed by atoms with Gasteiger partial charge in [-0.05, 0) is 34.1 Å². The molecular weight excluding hydrogens is 378 g/mol. The Kier molecular flexibility index (Phi) is 4.43. The number of anilines is 1. The Bertz CT molecular complexity index is 670. The van der Waals surface area contributed by atoms with Crippen molar-refractivity contribution in [2.75, 3.05) is 5.73 Å². The minimum absolute atomic E-state index is 0.00393. The van der Waals surface area contributed by atoms with Gasteiger partial charge in [0.25, 0.3) is 0 Å². The standard InChI is InChI=1S/C11H6BrClF3N3O2/c12-6-3-5(1-2-7(6)21-11(14,15)16)20-10-8(13)9(17)18-4-19-10/h1-4H,(H2,17,18,19). The maximum absolute atomic E-state index is 12.1. The minimum Gasteiger partial charge on any atom is -0.437 e. The van der Waals surface area contributed by atoms with Gasteiger partial charge in [0.15, 0.2) is 0 Å². The van der Waals surface area contributed by atoms with Crippen LogP contribution >= 0.6 is 27.5 Å². The first-order chi connectivity index (χ1) is 9.76. The zero-order valence-corrected chi connectivity index (χ0v) is 12.3. The third kappa shape index (κ3) is 4.11. The largest absolute Gasteiger partial charge is 0.573 e. The summed E-state index contributed by atoms with van der Waals surface area (Å²) >= 11 is 8.79. The monoisotopic (exact) mass is 383 g/mol. The first kappa shape index (κ1) is 15.6. The van der Waals surface area contributed by atoms with Crippen LogP contribution in [0.2, 0.25) is 5.02 Å². The van der Waals surface area contributed by atoms with Gasteiger partial charge in [0.2, 0.25) is 5.88 Å². The molecule has 2 N–H and O–H groups in total. The number of hydrogen-bond acceptors (Lipinski definition) is 5. The van der Waals surface area contributed by atoms with Crippen LogP contribution in [0.15, 0.2) is 29.0 Å². The highest BCUT2D eigenvalue weighted by Gasteiger charge is 2.32. The van der Waals surface area contributed by atoms with E-state index >= 15 is 0 Å². The molecule has 0 aliphatic rings. The number of rotatable bonds is 3. The van der Waals surface area contributed by atoms with Gasteiger partial charge in [-0.15, -0.1) is 13.2 Å². The van der Waals surface area contributed by atoms with E-state index in [9.17, 15) is 13.2 Å². The third-order valence-electron chi connectivity index (χ3n) is 2.13. The lowest BCUT2D eigenvalue weighted by atomic mass is 10.3. The second kappa shape index (κ2) is 5.94. The number of benzene rings is 1. The van der Waals surface area contributed by atoms with Gasteiger partial charge in [0.1, 0.15) is 28.7 Å². The van der Waals surface area contributed by atoms with E-state index in [1.54, 1.807) is 0 Å². The Balaban J connectivity index is 2.23. The second-order valence-corrected chi connectivity index (χ2v) is 4.85. The van der Waals surface area contributed by atoms with Gasteiger partial charge in [-0.25, -0.2) is 4.98 Å². The summed E-state index contributed by atoms with van der Waals surface area (Å²) < 4.78 is 45.6. The molecule has 0 saturated carbocycles. The van der Waals surface area contributed by atoms with Crippen molar-refractivity contribution in [3.8, 4) is 17.4 Å². The summed E-state index contributed by atoms with van der Waals surface area (Å²) in [4.78, 5) is 7.43. The quantitative estimate of drug-likeness (QED) is 0.860. The molecular formula is C11H6BrClF3N3O2. The lowest BCUT2D eigenvalue weighted by Gasteiger charge is -2.12. The molecule has 21 heavy (non-hydrogen) atoms. The summed E-state index contributed by atoms with van der Waals surface area (Å²) in [5.74, 6) is -0.196. The Morgan fingerprint density at radius 1 is 1.24 bits per heavy atom. The number of hydrogen-bond donors (Lipinski definition) is 1. The molecule has 2 aromatic rings. The molecule has 0 aliphatic heterocycles. The summed E-state index contributed by atoms with van der Waals surface area (Å²) in [5, 5.41) is 0.00393. The molecule has 1 aromatic carbocycles. The number of aromatic nitrogens is 2. The van der Waals surface area contributed by atoms with E-state index in [2.05, 4.69) is 30.6 Å². The Hall–Kier alpha value is -1.74. The first-order valence-corrected chi connectivity index (χ1v) is 6.42. The SMILES string of the molecule is Nc1ncnc(Oc2ccc(OC(F)(F)F)c(Br)c2)c1Cl. The summed E-state index contributed by atoms with van der Waals surface area (Å²) in [6, 6.07) is 3.63. The highest BCUT2D eigenvalue weighted by Crippen LogP contribution is 2.36. The first-order valence-electron chi connectivity index (χ1n) is 5.25. The van der Waals surface area contributed by atoms with Crippen molar-refractivity contribution in [2.24, 2.45) is 0 Å². The molecule has 1 heterocycles. The molecule has 10 heteroatoms. The Morgan fingerprint density at radius 3 is 2.57 bits per heavy atom. The van der Waals surface area contributed by atoms with E-state index in [-0.39, 0.29) is 26.9 Å². The van der Waals surface area contributed by atoms with Crippen LogP contribution in [0.3, 0.4) is 0 Å². The molecule has 0 unspecified atom stereocenters. The van der Waals surface area contributed by atoms with Crippen molar-refractivity contribution < 1.29 is 22.6 Å². The predicted octanol–water partition coefficient (Wildman–Crippen LogP) is 4.17. The summed E-state index contributed by atoms with van der Waals surface area (Å²) in [6.07, 6.45) is -3.64. The van der Waals surface area contributed by atoms with Crippen LogP contribution in [0.1, 0.15) is 0 Å². The van der Waals surface area contributed by atoms with Crippen molar-refractivity contribution in [3.05, 3.63) is 34.0 Å². The fourth-order valence-electron chi connectivity index (χ4n) is 1.30. The fourth-order valence-corrected chi connectivity index (χ4v) is 1.88. The topological polar surface area (TPSA) is 70.3 Å². The smallest absolute Gasteiger partial charge is 0.437 e. The maximum atomic E-state index is 12.1. The van der Waals surface area contributed by atoms with Crippen molar-refractivity contribution >= 4 is 33.3 Å². The molecule has 0 radical (unpaired) electrons. The predicted molar refractivity (Wildman–Crippen MR) is 72.4 cm³/mol. The van der Waals surface area contributed by atoms with E-state index < -0.39 is 12.1 Å². The van der Waals surface area contributed by atoms with Crippen LogP contribution in [0.25, 0.3) is 0 Å². The van der Waals surface area contributed by atoms with E-state index in [1.165, 1.54) is 12.1 Å². The van der Waals surface area contributed by atoms with Crippen LogP contribution in [-0.4, -0.2) is 16.3 Å². The van der Waals surface area contributed by atoms with Gasteiger partial charge in [-0.1, -0.05) is 11.6 Å². The third-order valence-corrected chi connectivity index (χ3v) is 3.10. The van der Waals surface area contributed by atoms with Crippen LogP contribution in [0, 0.1) is 0 Å². The van der Waals surface area contributed by atoms with Crippen LogP contribution in [0.4, 0.5) is 19.0 Å². The molecule has 0 saturated heterocycles. The van der Waals surface area contributed by atoms with Crippen molar-refractivity contribution in [2.45, 2.75) is 6.36 Å². The van der Waals surface area contributed by atoms with Gasteiger partial charge in [-0.3, -0.25) is 0 Å². The molecule has 0 spiro atoms. The lowest BCUT2D eigenvalue weighted by Crippen LogP contribution is -2.17. The minimum atomic E-state index is -4.78. The summed E-state index contributed by atoms with van der Waals surface area (Å²) in [5.41, 5.74) is 5.48. The van der Waals surface area contributed by atoms with Gasteiger partial charge in [-0.2, -0.15) is 4.98 Å². The second-order valence-electron chi connectivity index (χ2n) is 3.62. The van der Waals surface area contributed by atoms with Crippen LogP contribution in [-0.2, 0) is 0 Å². The molecule has 0 bridgehead atoms. The van der Waals surface area contributed by atoms with Gasteiger partial charge in [0.05, 0.1) is 4.47 Å². The molecule has 0 aliphatic carbocycles. The van der Waals surface area contributed by atoms with E-state index in [0.717, 1.165) is 12.4 Å². The lowest BCUT2D eigenvalue weighted by molar-refractivity contribution is -0.274. The number of ether oxygens (including phenoxy) is 2. The Morgan fingerprint density at radius 2 is 1.95 bits per heavy atom. The fraction of sp³-hybridized carbons (Fsp3) is 0.0909. The van der Waals surface area contributed by atoms with Crippen molar-refractivity contribution in [1.29, 1.82) is 0 Å². The number of alkyl halides is 3. The number of halogens is 5. The van der Waals surface area contributed by atoms with Crippen LogP contribution < -0.4 is 15.2 Å². The van der Waals surface area contributed by atoms with Crippen molar-refractivity contribution in [3.63, 3.8) is 0 Å². The highest BCUT2D eigenvalue weighted by molar-refractivity contribution is 9.10. The molecule has 1 aromatic heterocycles. The van der Waals surface area contributed by atoms with Gasteiger partial charge >= 0.3 is 6.36 Å². The average molecular weight is 385 g/mol. The maximum Gasteiger partial charge on any atom is 0.573 e. The molecule has 5 nitrogen and oxygen atoms in total. The molecule has 0 atom stereocenters. The van der Waals surface area contributed by atoms with Gasteiger partial charge in [0, 0.05) is 0 Å². The normalized spacial score (nSPS) is 11.3. The molecule has 112 valence electrons. The van der Waals surface area contributed by atoms with Gasteiger partial charge < -0.3 is 15.2 Å². The van der Waals surface area contributed by atoms with Crippen LogP contribution in [0.5, 0.6) is 17.4 Å². The zero-order valence-electron chi connectivity index (χ0n) is 9.99. The zero-order chi connectivity index (χ0) is 15.6.